The van der Waals surface area contributed by atoms with Gasteiger partial charge in [-0.25, -0.2) is 4.79 Å². The number of ether oxygens (including phenoxy) is 1. The van der Waals surface area contributed by atoms with Crippen LogP contribution in [0.5, 0.6) is 5.75 Å². The van der Waals surface area contributed by atoms with Crippen molar-refractivity contribution in [2.24, 2.45) is 0 Å². The van der Waals surface area contributed by atoms with Crippen LogP contribution in [-0.4, -0.2) is 30.1 Å². The van der Waals surface area contributed by atoms with Gasteiger partial charge in [-0.2, -0.15) is 0 Å². The van der Waals surface area contributed by atoms with Crippen LogP contribution in [0.4, 0.5) is 0 Å². The lowest BCUT2D eigenvalue weighted by Gasteiger charge is -2.13. The first-order valence-corrected chi connectivity index (χ1v) is 7.92. The molecule has 0 radical (unpaired) electrons. The summed E-state index contributed by atoms with van der Waals surface area (Å²) in [5.41, 5.74) is 1.42. The van der Waals surface area contributed by atoms with Gasteiger partial charge in [-0.05, 0) is 32.1 Å². The van der Waals surface area contributed by atoms with Crippen LogP contribution >= 0.6 is 11.3 Å². The van der Waals surface area contributed by atoms with Gasteiger partial charge in [0.15, 0.2) is 6.61 Å². The van der Waals surface area contributed by atoms with Crippen molar-refractivity contribution < 1.29 is 19.4 Å². The Kier molecular flexibility index (Phi) is 5.80. The molecule has 1 aromatic heterocycles. The second-order valence-corrected chi connectivity index (χ2v) is 5.86. The Morgan fingerprint density at radius 2 is 2.24 bits per heavy atom. The van der Waals surface area contributed by atoms with Gasteiger partial charge in [0.1, 0.15) is 10.6 Å². The van der Waals surface area contributed by atoms with E-state index < -0.39 is 5.97 Å². The van der Waals surface area contributed by atoms with E-state index >= 15 is 0 Å². The van der Waals surface area contributed by atoms with Crippen LogP contribution in [0.2, 0.25) is 0 Å². The average molecular weight is 309 g/mol. The predicted octanol–water partition coefficient (Wildman–Crippen LogP) is 2.83. The maximum Gasteiger partial charge on any atom is 0.346 e. The number of carboxylic acid groups (broad SMARTS) is 1. The molecule has 6 heteroatoms. The van der Waals surface area contributed by atoms with Crippen molar-refractivity contribution in [3.05, 3.63) is 28.0 Å². The van der Waals surface area contributed by atoms with Crippen LogP contribution in [0.25, 0.3) is 0 Å². The van der Waals surface area contributed by atoms with Crippen LogP contribution in [0.1, 0.15) is 41.8 Å². The van der Waals surface area contributed by atoms with Crippen molar-refractivity contribution in [3.63, 3.8) is 0 Å². The first kappa shape index (κ1) is 15.6. The Balaban J connectivity index is 1.64. The standard InChI is InChI=1S/C15H19NO4S/c17-14(16-7-6-11-4-2-1-3-5-11)9-20-12-8-13(15(18)19)21-10-12/h4,8,10H,1-3,5-7,9H2,(H,16,17)(H,18,19). The van der Waals surface area contributed by atoms with Gasteiger partial charge < -0.3 is 15.2 Å². The lowest BCUT2D eigenvalue weighted by molar-refractivity contribution is -0.123. The molecule has 0 atom stereocenters. The van der Waals surface area contributed by atoms with Gasteiger partial charge in [-0.15, -0.1) is 11.3 Å². The van der Waals surface area contributed by atoms with Gasteiger partial charge in [-0.3, -0.25) is 4.79 Å². The fourth-order valence-electron chi connectivity index (χ4n) is 2.20. The number of hydrogen-bond donors (Lipinski definition) is 2. The normalized spacial score (nSPS) is 14.4. The Hall–Kier alpha value is -1.82. The zero-order chi connectivity index (χ0) is 15.1. The highest BCUT2D eigenvalue weighted by Gasteiger charge is 2.09. The predicted molar refractivity (Wildman–Crippen MR) is 81.0 cm³/mol. The van der Waals surface area contributed by atoms with E-state index in [9.17, 15) is 9.59 Å². The molecule has 0 saturated carbocycles. The molecule has 0 fully saturated rings. The van der Waals surface area contributed by atoms with Crippen LogP contribution < -0.4 is 10.1 Å². The maximum absolute atomic E-state index is 11.6. The Morgan fingerprint density at radius 3 is 2.90 bits per heavy atom. The van der Waals surface area contributed by atoms with E-state index in [0.29, 0.717) is 12.3 Å². The maximum atomic E-state index is 11.6. The average Bonchev–Trinajstić information content (AvgIpc) is 2.95. The number of carbonyl (C=O) groups is 2. The zero-order valence-corrected chi connectivity index (χ0v) is 12.6. The summed E-state index contributed by atoms with van der Waals surface area (Å²) in [6.45, 7) is 0.535. The van der Waals surface area contributed by atoms with Crippen molar-refractivity contribution in [1.29, 1.82) is 0 Å². The molecule has 0 unspecified atom stereocenters. The zero-order valence-electron chi connectivity index (χ0n) is 11.8. The molecule has 0 aliphatic heterocycles. The molecule has 0 aromatic carbocycles. The second kappa shape index (κ2) is 7.83. The quantitative estimate of drug-likeness (QED) is 0.759. The molecule has 0 spiro atoms. The van der Waals surface area contributed by atoms with E-state index in [1.54, 1.807) is 5.38 Å². The minimum absolute atomic E-state index is 0.0885. The van der Waals surface area contributed by atoms with Gasteiger partial charge in [0.25, 0.3) is 5.91 Å². The van der Waals surface area contributed by atoms with E-state index in [1.165, 1.54) is 24.5 Å². The van der Waals surface area contributed by atoms with E-state index in [0.717, 1.165) is 30.6 Å². The molecule has 1 aliphatic carbocycles. The molecule has 21 heavy (non-hydrogen) atoms. The molecule has 0 bridgehead atoms. The second-order valence-electron chi connectivity index (χ2n) is 4.95. The summed E-state index contributed by atoms with van der Waals surface area (Å²) in [6.07, 6.45) is 7.96. The van der Waals surface area contributed by atoms with E-state index in [2.05, 4.69) is 11.4 Å². The summed E-state index contributed by atoms with van der Waals surface area (Å²) < 4.78 is 5.26. The molecule has 1 amide bonds. The van der Waals surface area contributed by atoms with Gasteiger partial charge in [0, 0.05) is 18.0 Å². The number of thiophene rings is 1. The SMILES string of the molecule is O=C(COc1csc(C(=O)O)c1)NCCC1=CCCCC1. The number of rotatable bonds is 7. The van der Waals surface area contributed by atoms with E-state index in [4.69, 9.17) is 9.84 Å². The molecule has 0 saturated heterocycles. The minimum Gasteiger partial charge on any atom is -0.483 e. The lowest BCUT2D eigenvalue weighted by atomic mass is 9.97. The third-order valence-corrected chi connectivity index (χ3v) is 4.21. The van der Waals surface area contributed by atoms with Crippen LogP contribution in [0.15, 0.2) is 23.1 Å². The van der Waals surface area contributed by atoms with Gasteiger partial charge in [0.2, 0.25) is 0 Å². The molecule has 1 aliphatic rings. The van der Waals surface area contributed by atoms with Gasteiger partial charge >= 0.3 is 5.97 Å². The number of amides is 1. The number of allylic oxidation sites excluding steroid dienone is 1. The van der Waals surface area contributed by atoms with Crippen molar-refractivity contribution in [1.82, 2.24) is 5.32 Å². The highest BCUT2D eigenvalue weighted by Crippen LogP contribution is 2.21. The van der Waals surface area contributed by atoms with Crippen LogP contribution in [0, 0.1) is 0 Å². The first-order chi connectivity index (χ1) is 10.1. The van der Waals surface area contributed by atoms with Crippen LogP contribution in [-0.2, 0) is 4.79 Å². The topological polar surface area (TPSA) is 75.6 Å². The minimum atomic E-state index is -0.986. The third-order valence-electron chi connectivity index (χ3n) is 3.31. The lowest BCUT2D eigenvalue weighted by Crippen LogP contribution is -2.29. The molecular weight excluding hydrogens is 290 g/mol. The highest BCUT2D eigenvalue weighted by atomic mass is 32.1. The number of carboxylic acids is 1. The van der Waals surface area contributed by atoms with Gasteiger partial charge in [0.05, 0.1) is 0 Å². The fourth-order valence-corrected chi connectivity index (χ4v) is 2.86. The molecule has 5 nitrogen and oxygen atoms in total. The summed E-state index contributed by atoms with van der Waals surface area (Å²) in [6, 6.07) is 1.42. The van der Waals surface area contributed by atoms with Crippen molar-refractivity contribution >= 4 is 23.2 Å². The highest BCUT2D eigenvalue weighted by molar-refractivity contribution is 7.12. The summed E-state index contributed by atoms with van der Waals surface area (Å²) in [7, 11) is 0. The summed E-state index contributed by atoms with van der Waals surface area (Å²) in [5.74, 6) is -0.753. The molecule has 2 rings (SSSR count). The fraction of sp³-hybridized carbons (Fsp3) is 0.467. The molecule has 114 valence electrons. The summed E-state index contributed by atoms with van der Waals surface area (Å²) >= 11 is 1.08. The smallest absolute Gasteiger partial charge is 0.346 e. The van der Waals surface area contributed by atoms with E-state index in [-0.39, 0.29) is 17.4 Å². The monoisotopic (exact) mass is 309 g/mol. The molecule has 2 N–H and O–H groups in total. The Labute approximate surface area is 127 Å². The number of aromatic carboxylic acids is 1. The Bertz CT molecular complexity index is 536. The van der Waals surface area contributed by atoms with Crippen molar-refractivity contribution in [2.75, 3.05) is 13.2 Å². The molecule has 1 aromatic rings. The number of hydrogen-bond acceptors (Lipinski definition) is 4. The summed E-state index contributed by atoms with van der Waals surface area (Å²) in [4.78, 5) is 22.5. The van der Waals surface area contributed by atoms with E-state index in [1.807, 2.05) is 0 Å². The van der Waals surface area contributed by atoms with Crippen molar-refractivity contribution in [3.8, 4) is 5.75 Å². The number of nitrogens with one attached hydrogen (secondary N) is 1. The van der Waals surface area contributed by atoms with Crippen molar-refractivity contribution in [2.45, 2.75) is 32.1 Å². The number of carbonyl (C=O) groups excluding carboxylic acids is 1. The first-order valence-electron chi connectivity index (χ1n) is 7.04. The Morgan fingerprint density at radius 1 is 1.38 bits per heavy atom. The molecular formula is C15H19NO4S. The van der Waals surface area contributed by atoms with Gasteiger partial charge in [-0.1, -0.05) is 11.6 Å². The van der Waals surface area contributed by atoms with Crippen LogP contribution in [0.3, 0.4) is 0 Å². The summed E-state index contributed by atoms with van der Waals surface area (Å²) in [5, 5.41) is 13.2. The molecule has 1 heterocycles. The third kappa shape index (κ3) is 5.23. The largest absolute Gasteiger partial charge is 0.483 e.